The van der Waals surface area contributed by atoms with Gasteiger partial charge in [0.1, 0.15) is 12.4 Å². The molecular formula is C24H30FNO6. The number of carboxylic acid groups (broad SMARTS) is 1. The van der Waals surface area contributed by atoms with E-state index in [1.165, 1.54) is 23.1 Å². The molecule has 1 unspecified atom stereocenters. The van der Waals surface area contributed by atoms with Crippen LogP contribution in [0.25, 0.3) is 0 Å². The summed E-state index contributed by atoms with van der Waals surface area (Å²) in [5.41, 5.74) is 0.813. The van der Waals surface area contributed by atoms with Crippen LogP contribution in [0, 0.1) is 11.7 Å². The molecule has 1 atom stereocenters. The zero-order valence-corrected chi connectivity index (χ0v) is 18.6. The Labute approximate surface area is 187 Å². The van der Waals surface area contributed by atoms with Crippen molar-refractivity contribution in [1.29, 1.82) is 0 Å². The molecule has 174 valence electrons. The standard InChI is InChI=1S/C24H30FNO6/c1-4-30-22(23(27)28)15-18-9-11-19(12-10-18)31-14-13-26(16-17(2)3)24(29)32-21-8-6-5-7-20(21)25/h5-12,17,22H,4,13-16H2,1-3H3,(H,27,28). The van der Waals surface area contributed by atoms with E-state index in [1.54, 1.807) is 37.3 Å². The van der Waals surface area contributed by atoms with Crippen molar-refractivity contribution in [3.8, 4) is 11.5 Å². The molecule has 0 spiro atoms. The van der Waals surface area contributed by atoms with Crippen LogP contribution < -0.4 is 9.47 Å². The van der Waals surface area contributed by atoms with Gasteiger partial charge in [-0.05, 0) is 42.7 Å². The maximum absolute atomic E-state index is 13.8. The summed E-state index contributed by atoms with van der Waals surface area (Å²) in [6.07, 6.45) is -1.27. The van der Waals surface area contributed by atoms with E-state index in [0.717, 1.165) is 5.56 Å². The zero-order valence-electron chi connectivity index (χ0n) is 18.6. The Hall–Kier alpha value is -3.13. The number of carbonyl (C=O) groups excluding carboxylic acids is 1. The number of rotatable bonds is 12. The van der Waals surface area contributed by atoms with Crippen molar-refractivity contribution in [2.45, 2.75) is 33.3 Å². The highest BCUT2D eigenvalue weighted by Gasteiger charge is 2.19. The average Bonchev–Trinajstić information content (AvgIpc) is 2.75. The summed E-state index contributed by atoms with van der Waals surface area (Å²) in [5, 5.41) is 9.19. The SMILES string of the molecule is CCOC(Cc1ccc(OCCN(CC(C)C)C(=O)Oc2ccccc2F)cc1)C(=O)O. The second-order valence-electron chi connectivity index (χ2n) is 7.62. The number of aliphatic carboxylic acids is 1. The first-order valence-corrected chi connectivity index (χ1v) is 10.6. The number of amides is 1. The van der Waals surface area contributed by atoms with Gasteiger partial charge >= 0.3 is 12.1 Å². The van der Waals surface area contributed by atoms with Gasteiger partial charge in [0.05, 0.1) is 6.54 Å². The molecule has 0 fully saturated rings. The molecule has 1 N–H and O–H groups in total. The largest absolute Gasteiger partial charge is 0.492 e. The second-order valence-corrected chi connectivity index (χ2v) is 7.62. The van der Waals surface area contributed by atoms with Gasteiger partial charge in [0.25, 0.3) is 0 Å². The van der Waals surface area contributed by atoms with E-state index in [9.17, 15) is 19.1 Å². The van der Waals surface area contributed by atoms with Gasteiger partial charge in [0, 0.05) is 19.6 Å². The quantitative estimate of drug-likeness (QED) is 0.519. The fourth-order valence-corrected chi connectivity index (χ4v) is 3.01. The lowest BCUT2D eigenvalue weighted by molar-refractivity contribution is -0.149. The van der Waals surface area contributed by atoms with Gasteiger partial charge in [0.2, 0.25) is 0 Å². The molecule has 2 rings (SSSR count). The van der Waals surface area contributed by atoms with Gasteiger partial charge in [-0.15, -0.1) is 0 Å². The van der Waals surface area contributed by atoms with E-state index in [2.05, 4.69) is 0 Å². The smallest absolute Gasteiger partial charge is 0.415 e. The molecule has 32 heavy (non-hydrogen) atoms. The molecule has 2 aromatic carbocycles. The van der Waals surface area contributed by atoms with Crippen LogP contribution in [0.1, 0.15) is 26.3 Å². The lowest BCUT2D eigenvalue weighted by atomic mass is 10.1. The van der Waals surface area contributed by atoms with Crippen LogP contribution in [0.2, 0.25) is 0 Å². The summed E-state index contributed by atoms with van der Waals surface area (Å²) in [6, 6.07) is 12.8. The molecule has 0 aliphatic rings. The molecular weight excluding hydrogens is 417 g/mol. The van der Waals surface area contributed by atoms with Crippen LogP contribution in [0.3, 0.4) is 0 Å². The normalized spacial score (nSPS) is 11.8. The van der Waals surface area contributed by atoms with Gasteiger partial charge in [0.15, 0.2) is 17.7 Å². The lowest BCUT2D eigenvalue weighted by Crippen LogP contribution is -2.39. The minimum absolute atomic E-state index is 0.116. The first kappa shape index (κ1) is 25.1. The predicted octanol–water partition coefficient (Wildman–Crippen LogP) is 4.39. The maximum atomic E-state index is 13.8. The fraction of sp³-hybridized carbons (Fsp3) is 0.417. The van der Waals surface area contributed by atoms with Crippen LogP contribution in [0.4, 0.5) is 9.18 Å². The van der Waals surface area contributed by atoms with Crippen molar-refractivity contribution in [2.75, 3.05) is 26.3 Å². The lowest BCUT2D eigenvalue weighted by Gasteiger charge is -2.24. The minimum Gasteiger partial charge on any atom is -0.492 e. The number of hydrogen-bond donors (Lipinski definition) is 1. The van der Waals surface area contributed by atoms with Crippen molar-refractivity contribution in [3.63, 3.8) is 0 Å². The summed E-state index contributed by atoms with van der Waals surface area (Å²) < 4.78 is 29.9. The van der Waals surface area contributed by atoms with E-state index in [1.807, 2.05) is 13.8 Å². The van der Waals surface area contributed by atoms with Gasteiger partial charge in [-0.25, -0.2) is 14.0 Å². The van der Waals surface area contributed by atoms with E-state index in [0.29, 0.717) is 18.9 Å². The third-order valence-corrected chi connectivity index (χ3v) is 4.50. The Morgan fingerprint density at radius 3 is 2.38 bits per heavy atom. The predicted molar refractivity (Wildman–Crippen MR) is 118 cm³/mol. The molecule has 7 nitrogen and oxygen atoms in total. The number of hydrogen-bond acceptors (Lipinski definition) is 5. The Balaban J connectivity index is 1.91. The first-order valence-electron chi connectivity index (χ1n) is 10.6. The molecule has 0 aliphatic heterocycles. The average molecular weight is 448 g/mol. The molecule has 1 amide bonds. The molecule has 0 aliphatic carbocycles. The number of carboxylic acids is 1. The maximum Gasteiger partial charge on any atom is 0.415 e. The third-order valence-electron chi connectivity index (χ3n) is 4.50. The third kappa shape index (κ3) is 8.19. The molecule has 0 saturated heterocycles. The van der Waals surface area contributed by atoms with Crippen molar-refractivity contribution in [2.24, 2.45) is 5.92 Å². The van der Waals surface area contributed by atoms with Crippen LogP contribution in [-0.2, 0) is 16.0 Å². The van der Waals surface area contributed by atoms with Crippen LogP contribution in [0.5, 0.6) is 11.5 Å². The number of ether oxygens (including phenoxy) is 3. The van der Waals surface area contributed by atoms with Gasteiger partial charge in [-0.2, -0.15) is 0 Å². The molecule has 0 saturated carbocycles. The van der Waals surface area contributed by atoms with Crippen molar-refractivity contribution >= 4 is 12.1 Å². The van der Waals surface area contributed by atoms with E-state index >= 15 is 0 Å². The van der Waals surface area contributed by atoms with Crippen molar-refractivity contribution in [3.05, 3.63) is 59.9 Å². The Bertz CT molecular complexity index is 871. The number of benzene rings is 2. The van der Waals surface area contributed by atoms with E-state index < -0.39 is 24.0 Å². The monoisotopic (exact) mass is 447 g/mol. The van der Waals surface area contributed by atoms with Crippen molar-refractivity contribution in [1.82, 2.24) is 4.90 Å². The topological polar surface area (TPSA) is 85.3 Å². The van der Waals surface area contributed by atoms with E-state index in [-0.39, 0.29) is 31.2 Å². The number of halogens is 1. The fourth-order valence-electron chi connectivity index (χ4n) is 3.01. The van der Waals surface area contributed by atoms with Crippen molar-refractivity contribution < 1.29 is 33.3 Å². The highest BCUT2D eigenvalue weighted by molar-refractivity contribution is 5.72. The molecule has 0 radical (unpaired) electrons. The number of carbonyl (C=O) groups is 2. The van der Waals surface area contributed by atoms with Gasteiger partial charge in [-0.3, -0.25) is 0 Å². The molecule has 0 aromatic heterocycles. The Morgan fingerprint density at radius 1 is 1.09 bits per heavy atom. The second kappa shape index (κ2) is 12.7. The minimum atomic E-state index is -1.00. The molecule has 8 heteroatoms. The van der Waals surface area contributed by atoms with Crippen LogP contribution in [-0.4, -0.2) is 54.5 Å². The molecule has 0 bridgehead atoms. The summed E-state index contributed by atoms with van der Waals surface area (Å²) >= 11 is 0. The molecule has 2 aromatic rings. The number of para-hydroxylation sites is 1. The highest BCUT2D eigenvalue weighted by atomic mass is 19.1. The Kier molecular flexibility index (Phi) is 9.94. The first-order chi connectivity index (χ1) is 15.3. The van der Waals surface area contributed by atoms with Gasteiger partial charge < -0.3 is 24.2 Å². The van der Waals surface area contributed by atoms with E-state index in [4.69, 9.17) is 14.2 Å². The van der Waals surface area contributed by atoms with Crippen LogP contribution >= 0.6 is 0 Å². The summed E-state index contributed by atoms with van der Waals surface area (Å²) in [6.45, 7) is 6.93. The summed E-state index contributed by atoms with van der Waals surface area (Å²) in [5.74, 6) is -0.940. The summed E-state index contributed by atoms with van der Waals surface area (Å²) in [4.78, 5) is 25.2. The summed E-state index contributed by atoms with van der Waals surface area (Å²) in [7, 11) is 0. The van der Waals surface area contributed by atoms with Crippen LogP contribution in [0.15, 0.2) is 48.5 Å². The number of nitrogens with zero attached hydrogens (tertiary/aromatic N) is 1. The zero-order chi connectivity index (χ0) is 23.5. The highest BCUT2D eigenvalue weighted by Crippen LogP contribution is 2.18. The molecule has 0 heterocycles. The Morgan fingerprint density at radius 2 is 1.78 bits per heavy atom. The van der Waals surface area contributed by atoms with Gasteiger partial charge in [-0.1, -0.05) is 38.1 Å².